The van der Waals surface area contributed by atoms with Crippen LogP contribution in [0.5, 0.6) is 0 Å². The first-order chi connectivity index (χ1) is 5.88. The van der Waals surface area contributed by atoms with Gasteiger partial charge < -0.3 is 0 Å². The third-order valence-corrected chi connectivity index (χ3v) is 2.28. The van der Waals surface area contributed by atoms with Gasteiger partial charge in [-0.05, 0) is 0 Å². The minimum atomic E-state index is -4.47. The van der Waals surface area contributed by atoms with Crippen molar-refractivity contribution in [1.29, 1.82) is 0 Å². The smallest absolute Gasteiger partial charge is 0.256 e. The molecular weight excluding hydrogens is 225 g/mol. The van der Waals surface area contributed by atoms with E-state index in [2.05, 4.69) is 17.7 Å². The van der Waals surface area contributed by atoms with Crippen LogP contribution in [0.25, 0.3) is 0 Å². The number of rotatable bonds is 1. The summed E-state index contributed by atoms with van der Waals surface area (Å²) in [5, 5.41) is 3.24. The molecule has 0 aliphatic rings. The molecule has 0 unspecified atom stereocenters. The zero-order valence-electron chi connectivity index (χ0n) is 6.56. The van der Waals surface area contributed by atoms with Crippen molar-refractivity contribution in [2.75, 3.05) is 0 Å². The Morgan fingerprint density at radius 2 is 2.08 bits per heavy atom. The van der Waals surface area contributed by atoms with Crippen molar-refractivity contribution >= 4 is 24.2 Å². The van der Waals surface area contributed by atoms with Crippen molar-refractivity contribution in [1.82, 2.24) is 9.78 Å². The van der Waals surface area contributed by atoms with Gasteiger partial charge in [0.25, 0.3) is 0 Å². The summed E-state index contributed by atoms with van der Waals surface area (Å²) in [4.78, 5) is 0. The van der Waals surface area contributed by atoms with E-state index in [1.165, 1.54) is 7.05 Å². The van der Waals surface area contributed by atoms with E-state index in [4.69, 9.17) is 11.6 Å². The van der Waals surface area contributed by atoms with E-state index in [0.717, 1.165) is 4.68 Å². The number of alkyl halides is 3. The molecule has 0 amide bonds. The maximum atomic E-state index is 12.3. The van der Waals surface area contributed by atoms with Gasteiger partial charge in [-0.15, -0.1) is 0 Å². The summed E-state index contributed by atoms with van der Waals surface area (Å²) >= 11 is 9.33. The van der Waals surface area contributed by atoms with E-state index in [-0.39, 0.29) is 16.5 Å². The Hall–Kier alpha value is -0.360. The van der Waals surface area contributed by atoms with Crippen molar-refractivity contribution in [3.05, 3.63) is 16.4 Å². The van der Waals surface area contributed by atoms with E-state index in [1.54, 1.807) is 0 Å². The molecule has 1 aromatic rings. The van der Waals surface area contributed by atoms with Crippen molar-refractivity contribution in [3.63, 3.8) is 0 Å². The SMILES string of the molecule is Cn1nc(C(F)(F)F)c(CS)c1Cl. The fourth-order valence-electron chi connectivity index (χ4n) is 0.915. The fraction of sp³-hybridized carbons (Fsp3) is 0.500. The zero-order chi connectivity index (χ0) is 10.2. The number of nitrogens with zero attached hydrogens (tertiary/aromatic N) is 2. The molecule has 0 aromatic carbocycles. The van der Waals surface area contributed by atoms with Crippen molar-refractivity contribution in [3.8, 4) is 0 Å². The van der Waals surface area contributed by atoms with Crippen LogP contribution in [-0.4, -0.2) is 9.78 Å². The molecule has 0 spiro atoms. The van der Waals surface area contributed by atoms with E-state index < -0.39 is 11.9 Å². The molecule has 7 heteroatoms. The summed E-state index contributed by atoms with van der Waals surface area (Å²) in [6, 6.07) is 0. The molecule has 13 heavy (non-hydrogen) atoms. The average Bonchev–Trinajstić information content (AvgIpc) is 2.28. The fourth-order valence-corrected chi connectivity index (χ4v) is 1.50. The molecule has 2 nitrogen and oxygen atoms in total. The molecule has 0 saturated carbocycles. The van der Waals surface area contributed by atoms with Crippen molar-refractivity contribution in [2.45, 2.75) is 11.9 Å². The largest absolute Gasteiger partial charge is 0.435 e. The van der Waals surface area contributed by atoms with Gasteiger partial charge in [0.2, 0.25) is 0 Å². The molecule has 0 bridgehead atoms. The third kappa shape index (κ3) is 1.94. The molecule has 1 rings (SSSR count). The van der Waals surface area contributed by atoms with Gasteiger partial charge in [-0.1, -0.05) is 11.6 Å². The summed E-state index contributed by atoms with van der Waals surface area (Å²) in [7, 11) is 1.35. The Morgan fingerprint density at radius 1 is 1.54 bits per heavy atom. The molecule has 0 aliphatic heterocycles. The zero-order valence-corrected chi connectivity index (χ0v) is 8.21. The van der Waals surface area contributed by atoms with Crippen LogP contribution in [0, 0.1) is 0 Å². The topological polar surface area (TPSA) is 17.8 Å². The van der Waals surface area contributed by atoms with Crippen molar-refractivity contribution in [2.24, 2.45) is 7.05 Å². The van der Waals surface area contributed by atoms with Gasteiger partial charge in [-0.3, -0.25) is 4.68 Å². The Morgan fingerprint density at radius 3 is 2.38 bits per heavy atom. The third-order valence-electron chi connectivity index (χ3n) is 1.50. The number of thiol groups is 1. The summed E-state index contributed by atoms with van der Waals surface area (Å²) in [5.41, 5.74) is -1.05. The highest BCUT2D eigenvalue weighted by Gasteiger charge is 2.38. The molecule has 1 heterocycles. The summed E-state index contributed by atoms with van der Waals surface area (Å²) in [6.45, 7) is 0. The maximum absolute atomic E-state index is 12.3. The first-order valence-electron chi connectivity index (χ1n) is 3.27. The van der Waals surface area contributed by atoms with Crippen LogP contribution in [0.3, 0.4) is 0 Å². The lowest BCUT2D eigenvalue weighted by Gasteiger charge is -2.03. The van der Waals surface area contributed by atoms with Gasteiger partial charge in [0, 0.05) is 18.4 Å². The highest BCUT2D eigenvalue weighted by Crippen LogP contribution is 2.34. The molecule has 1 aromatic heterocycles. The van der Waals surface area contributed by atoms with Crippen LogP contribution in [-0.2, 0) is 19.0 Å². The number of hydrogen-bond donors (Lipinski definition) is 1. The molecule has 0 aliphatic carbocycles. The Balaban J connectivity index is 3.30. The molecule has 0 saturated heterocycles. The van der Waals surface area contributed by atoms with Gasteiger partial charge in [0.05, 0.1) is 0 Å². The molecule has 0 atom stereocenters. The lowest BCUT2D eigenvalue weighted by molar-refractivity contribution is -0.141. The van der Waals surface area contributed by atoms with Crippen LogP contribution in [0.15, 0.2) is 0 Å². The quantitative estimate of drug-likeness (QED) is 0.734. The Bertz CT molecular complexity index is 320. The normalized spacial score (nSPS) is 12.2. The van der Waals surface area contributed by atoms with Crippen LogP contribution >= 0.6 is 24.2 Å². The van der Waals surface area contributed by atoms with E-state index in [1.807, 2.05) is 0 Å². The van der Waals surface area contributed by atoms with E-state index in [0.29, 0.717) is 0 Å². The molecule has 0 radical (unpaired) electrons. The van der Waals surface area contributed by atoms with Crippen LogP contribution < -0.4 is 0 Å². The summed E-state index contributed by atoms with van der Waals surface area (Å²) in [6.07, 6.45) is -4.47. The molecule has 0 fully saturated rings. The lowest BCUT2D eigenvalue weighted by atomic mass is 10.3. The van der Waals surface area contributed by atoms with Gasteiger partial charge in [-0.2, -0.15) is 30.9 Å². The Kier molecular flexibility index (Phi) is 2.82. The first-order valence-corrected chi connectivity index (χ1v) is 4.28. The molecular formula is C6H6ClF3N2S. The van der Waals surface area contributed by atoms with Crippen LogP contribution in [0.1, 0.15) is 11.3 Å². The highest BCUT2D eigenvalue weighted by molar-refractivity contribution is 7.79. The summed E-state index contributed by atoms with van der Waals surface area (Å²) < 4.78 is 37.8. The predicted molar refractivity (Wildman–Crippen MR) is 45.9 cm³/mol. The Labute approximate surface area is 83.1 Å². The van der Waals surface area contributed by atoms with Gasteiger partial charge in [0.15, 0.2) is 5.69 Å². The molecule has 74 valence electrons. The number of aryl methyl sites for hydroxylation is 1. The minimum absolute atomic E-state index is 0.0256. The predicted octanol–water partition coefficient (Wildman–Crippen LogP) is 2.52. The van der Waals surface area contributed by atoms with E-state index in [9.17, 15) is 13.2 Å². The monoisotopic (exact) mass is 230 g/mol. The van der Waals surface area contributed by atoms with E-state index >= 15 is 0 Å². The van der Waals surface area contributed by atoms with Gasteiger partial charge in [-0.25, -0.2) is 0 Å². The standard InChI is InChI=1S/C6H6ClF3N2S/c1-12-5(7)3(2-13)4(11-12)6(8,9)10/h13H,2H2,1H3. The van der Waals surface area contributed by atoms with Crippen LogP contribution in [0.4, 0.5) is 13.2 Å². The van der Waals surface area contributed by atoms with Gasteiger partial charge >= 0.3 is 6.18 Å². The number of halogens is 4. The minimum Gasteiger partial charge on any atom is -0.256 e. The maximum Gasteiger partial charge on any atom is 0.435 e. The number of hydrogen-bond acceptors (Lipinski definition) is 2. The van der Waals surface area contributed by atoms with Gasteiger partial charge in [0.1, 0.15) is 5.15 Å². The number of aromatic nitrogens is 2. The molecule has 0 N–H and O–H groups in total. The second kappa shape index (κ2) is 3.42. The van der Waals surface area contributed by atoms with Crippen molar-refractivity contribution < 1.29 is 13.2 Å². The first kappa shape index (κ1) is 10.7. The summed E-state index contributed by atoms with van der Waals surface area (Å²) in [5.74, 6) is -0.0818. The van der Waals surface area contributed by atoms with Crippen LogP contribution in [0.2, 0.25) is 5.15 Å². The second-order valence-corrected chi connectivity index (χ2v) is 3.07. The highest BCUT2D eigenvalue weighted by atomic mass is 35.5. The second-order valence-electron chi connectivity index (χ2n) is 2.40. The lowest BCUT2D eigenvalue weighted by Crippen LogP contribution is -2.08. The average molecular weight is 231 g/mol.